The van der Waals surface area contributed by atoms with E-state index in [1.165, 1.54) is 16.7 Å². The highest BCUT2D eigenvalue weighted by atomic mass is 19.1. The van der Waals surface area contributed by atoms with Gasteiger partial charge in [0.05, 0.1) is 6.04 Å². The van der Waals surface area contributed by atoms with E-state index in [1.54, 1.807) is 19.2 Å². The van der Waals surface area contributed by atoms with E-state index in [4.69, 9.17) is 0 Å². The molecule has 0 radical (unpaired) electrons. The van der Waals surface area contributed by atoms with Gasteiger partial charge in [0.1, 0.15) is 11.6 Å². The zero-order chi connectivity index (χ0) is 19.7. The monoisotopic (exact) mass is 374 g/mol. The molecule has 0 aliphatic carbocycles. The average molecular weight is 374 g/mol. The summed E-state index contributed by atoms with van der Waals surface area (Å²) in [6.07, 6.45) is 0.818. The number of carbonyl (C=O) groups excluding carboxylic acids is 1. The minimum Gasteiger partial charge on any atom is -0.501 e. The maximum Gasteiger partial charge on any atom is 0.296 e. The molecule has 2 heterocycles. The quantitative estimate of drug-likeness (QED) is 0.848. The number of likely N-dealkylation sites (tertiary alicyclic amines) is 1. The SMILES string of the molecule is C[C@@H]1C[C@@H](c2nc(C(=O)NCc3ccc(F)cc3)c(O)c(=O)n2C)N(C)C1. The summed E-state index contributed by atoms with van der Waals surface area (Å²) in [5.41, 5.74) is -0.249. The number of nitrogens with one attached hydrogen (secondary N) is 1. The number of hydrogen-bond acceptors (Lipinski definition) is 5. The number of aromatic nitrogens is 2. The number of rotatable bonds is 4. The molecule has 0 spiro atoms. The van der Waals surface area contributed by atoms with Gasteiger partial charge in [-0.2, -0.15) is 0 Å². The fourth-order valence-corrected chi connectivity index (χ4v) is 3.49. The van der Waals surface area contributed by atoms with Crippen LogP contribution in [0.3, 0.4) is 0 Å². The Morgan fingerprint density at radius 1 is 1.33 bits per heavy atom. The molecule has 1 aliphatic rings. The molecule has 2 atom stereocenters. The zero-order valence-corrected chi connectivity index (χ0v) is 15.6. The molecule has 0 unspecified atom stereocenters. The van der Waals surface area contributed by atoms with E-state index >= 15 is 0 Å². The number of benzene rings is 1. The van der Waals surface area contributed by atoms with Crippen molar-refractivity contribution in [2.24, 2.45) is 13.0 Å². The highest BCUT2D eigenvalue weighted by Crippen LogP contribution is 2.32. The van der Waals surface area contributed by atoms with Gasteiger partial charge in [-0.3, -0.25) is 19.1 Å². The molecule has 1 aliphatic heterocycles. The lowest BCUT2D eigenvalue weighted by molar-refractivity contribution is 0.0941. The van der Waals surface area contributed by atoms with Gasteiger partial charge >= 0.3 is 0 Å². The first-order valence-electron chi connectivity index (χ1n) is 8.80. The molecule has 1 aromatic carbocycles. The molecule has 0 bridgehead atoms. The van der Waals surface area contributed by atoms with Crippen LogP contribution in [0, 0.1) is 11.7 Å². The predicted molar refractivity (Wildman–Crippen MR) is 97.9 cm³/mol. The molecule has 7 nitrogen and oxygen atoms in total. The first-order chi connectivity index (χ1) is 12.8. The zero-order valence-electron chi connectivity index (χ0n) is 15.6. The summed E-state index contributed by atoms with van der Waals surface area (Å²) < 4.78 is 14.3. The van der Waals surface area contributed by atoms with Crippen molar-refractivity contribution in [1.82, 2.24) is 19.8 Å². The molecule has 2 aromatic rings. The number of halogens is 1. The summed E-state index contributed by atoms with van der Waals surface area (Å²) in [7, 11) is 3.49. The van der Waals surface area contributed by atoms with Crippen LogP contribution in [0.15, 0.2) is 29.1 Å². The summed E-state index contributed by atoms with van der Waals surface area (Å²) in [5.74, 6) is -0.787. The first kappa shape index (κ1) is 19.0. The molecule has 1 saturated heterocycles. The Hall–Kier alpha value is -2.74. The van der Waals surface area contributed by atoms with Crippen LogP contribution in [-0.4, -0.2) is 39.1 Å². The Morgan fingerprint density at radius 3 is 2.59 bits per heavy atom. The molecule has 3 rings (SSSR count). The van der Waals surface area contributed by atoms with Crippen LogP contribution in [0.4, 0.5) is 4.39 Å². The lowest BCUT2D eigenvalue weighted by Gasteiger charge is -2.21. The molecule has 8 heteroatoms. The van der Waals surface area contributed by atoms with Crippen LogP contribution >= 0.6 is 0 Å². The van der Waals surface area contributed by atoms with E-state index < -0.39 is 17.2 Å². The Labute approximate surface area is 156 Å². The Balaban J connectivity index is 1.87. The van der Waals surface area contributed by atoms with Gasteiger partial charge in [-0.15, -0.1) is 0 Å². The minimum absolute atomic E-state index is 0.0954. The van der Waals surface area contributed by atoms with E-state index in [-0.39, 0.29) is 24.1 Å². The normalized spacial score (nSPS) is 20.0. The second-order valence-electron chi connectivity index (χ2n) is 7.14. The topological polar surface area (TPSA) is 87.5 Å². The Kier molecular flexibility index (Phi) is 5.27. The van der Waals surface area contributed by atoms with Crippen LogP contribution in [0.1, 0.15) is 41.3 Å². The largest absolute Gasteiger partial charge is 0.501 e. The maximum absolute atomic E-state index is 13.0. The Bertz CT molecular complexity index is 910. The van der Waals surface area contributed by atoms with Crippen molar-refractivity contribution in [3.63, 3.8) is 0 Å². The fourth-order valence-electron chi connectivity index (χ4n) is 3.49. The van der Waals surface area contributed by atoms with Crippen LogP contribution in [0.25, 0.3) is 0 Å². The highest BCUT2D eigenvalue weighted by Gasteiger charge is 2.32. The summed E-state index contributed by atoms with van der Waals surface area (Å²) >= 11 is 0. The molecular weight excluding hydrogens is 351 g/mol. The lowest BCUT2D eigenvalue weighted by Crippen LogP contribution is -2.33. The lowest BCUT2D eigenvalue weighted by atomic mass is 10.1. The van der Waals surface area contributed by atoms with Gasteiger partial charge in [0.15, 0.2) is 5.69 Å². The maximum atomic E-state index is 13.0. The van der Waals surface area contributed by atoms with E-state index in [9.17, 15) is 19.1 Å². The molecular formula is C19H23FN4O3. The van der Waals surface area contributed by atoms with Crippen molar-refractivity contribution in [2.75, 3.05) is 13.6 Å². The standard InChI is InChI=1S/C19H23FN4O3/c1-11-8-14(23(2)10-11)17-22-15(16(25)19(27)24(17)3)18(26)21-9-12-4-6-13(20)7-5-12/h4-7,11,14,25H,8-10H2,1-3H3,(H,21,26)/t11-,14+/m1/s1. The van der Waals surface area contributed by atoms with Gasteiger partial charge in [0, 0.05) is 20.1 Å². The van der Waals surface area contributed by atoms with E-state index in [1.807, 2.05) is 7.05 Å². The van der Waals surface area contributed by atoms with Crippen LogP contribution in [0.2, 0.25) is 0 Å². The summed E-state index contributed by atoms with van der Waals surface area (Å²) in [5, 5.41) is 12.8. The van der Waals surface area contributed by atoms with Gasteiger partial charge in [0.2, 0.25) is 5.75 Å². The number of nitrogens with zero attached hydrogens (tertiary/aromatic N) is 3. The van der Waals surface area contributed by atoms with Crippen LogP contribution in [0.5, 0.6) is 5.75 Å². The van der Waals surface area contributed by atoms with Gasteiger partial charge < -0.3 is 10.4 Å². The summed E-state index contributed by atoms with van der Waals surface area (Å²) in [6.45, 7) is 3.12. The smallest absolute Gasteiger partial charge is 0.296 e. The van der Waals surface area contributed by atoms with Crippen molar-refractivity contribution in [3.05, 3.63) is 57.5 Å². The first-order valence-corrected chi connectivity index (χ1v) is 8.80. The third kappa shape index (κ3) is 3.85. The number of carbonyl (C=O) groups is 1. The van der Waals surface area contributed by atoms with Gasteiger partial charge in [0.25, 0.3) is 11.5 Å². The van der Waals surface area contributed by atoms with Crippen molar-refractivity contribution >= 4 is 5.91 Å². The third-order valence-corrected chi connectivity index (χ3v) is 4.94. The molecule has 1 aromatic heterocycles. The molecule has 144 valence electrons. The average Bonchev–Trinajstić information content (AvgIpc) is 2.97. The molecule has 0 saturated carbocycles. The molecule has 1 amide bonds. The predicted octanol–water partition coefficient (Wildman–Crippen LogP) is 1.57. The highest BCUT2D eigenvalue weighted by molar-refractivity contribution is 5.94. The van der Waals surface area contributed by atoms with Gasteiger partial charge in [-0.1, -0.05) is 19.1 Å². The van der Waals surface area contributed by atoms with Crippen molar-refractivity contribution < 1.29 is 14.3 Å². The van der Waals surface area contributed by atoms with Crippen LogP contribution in [-0.2, 0) is 13.6 Å². The van der Waals surface area contributed by atoms with Crippen molar-refractivity contribution in [3.8, 4) is 5.75 Å². The molecule has 27 heavy (non-hydrogen) atoms. The number of hydrogen-bond donors (Lipinski definition) is 2. The van der Waals surface area contributed by atoms with Crippen molar-refractivity contribution in [1.29, 1.82) is 0 Å². The van der Waals surface area contributed by atoms with Crippen molar-refractivity contribution in [2.45, 2.75) is 25.9 Å². The second kappa shape index (κ2) is 7.48. The van der Waals surface area contributed by atoms with E-state index in [0.717, 1.165) is 13.0 Å². The Morgan fingerprint density at radius 2 is 2.00 bits per heavy atom. The summed E-state index contributed by atoms with van der Waals surface area (Å²) in [4.78, 5) is 31.3. The fraction of sp³-hybridized carbons (Fsp3) is 0.421. The van der Waals surface area contributed by atoms with E-state index in [0.29, 0.717) is 17.3 Å². The van der Waals surface area contributed by atoms with E-state index in [2.05, 4.69) is 22.1 Å². The molecule has 1 fully saturated rings. The van der Waals surface area contributed by atoms with Gasteiger partial charge in [-0.05, 0) is 37.1 Å². The molecule has 2 N–H and O–H groups in total. The number of amides is 1. The van der Waals surface area contributed by atoms with Gasteiger partial charge in [-0.25, -0.2) is 9.37 Å². The second-order valence-corrected chi connectivity index (χ2v) is 7.14. The minimum atomic E-state index is -0.674. The third-order valence-electron chi connectivity index (χ3n) is 4.94. The summed E-state index contributed by atoms with van der Waals surface area (Å²) in [6, 6.07) is 5.59. The number of aromatic hydroxyl groups is 1. The van der Waals surface area contributed by atoms with Crippen LogP contribution < -0.4 is 10.9 Å².